The summed E-state index contributed by atoms with van der Waals surface area (Å²) in [6.45, 7) is 8.60. The Labute approximate surface area is 257 Å². The molecule has 0 bridgehead atoms. The average Bonchev–Trinajstić information content (AvgIpc) is 3.28. The van der Waals surface area contributed by atoms with Crippen molar-refractivity contribution in [2.75, 3.05) is 35.0 Å². The van der Waals surface area contributed by atoms with E-state index >= 15 is 0 Å². The number of allylic oxidation sites excluding steroid dienone is 2. The van der Waals surface area contributed by atoms with Crippen LogP contribution in [0.5, 0.6) is 28.7 Å². The Kier molecular flexibility index (Phi) is 14.9. The third kappa shape index (κ3) is 9.38. The lowest BCUT2D eigenvalue weighted by Crippen LogP contribution is -2.04. The monoisotopic (exact) mass is 589 g/mol. The van der Waals surface area contributed by atoms with Gasteiger partial charge >= 0.3 is 5.97 Å². The second kappa shape index (κ2) is 18.3. The molecule has 0 amide bonds. The summed E-state index contributed by atoms with van der Waals surface area (Å²) in [4.78, 5) is 12.4. The number of carbonyl (C=O) groups is 1. The zero-order valence-corrected chi connectivity index (χ0v) is 26.9. The summed E-state index contributed by atoms with van der Waals surface area (Å²) in [6.07, 6.45) is 6.33. The first-order valence-electron chi connectivity index (χ1n) is 14.7. The summed E-state index contributed by atoms with van der Waals surface area (Å²) in [7, 11) is 6.33. The lowest BCUT2D eigenvalue weighted by molar-refractivity contribution is -0.141. The number of benzene rings is 3. The van der Waals surface area contributed by atoms with E-state index in [1.54, 1.807) is 21.3 Å². The molecular formula is C36H47NO6. The molecule has 1 aliphatic rings. The van der Waals surface area contributed by atoms with Gasteiger partial charge in [0.2, 0.25) is 5.75 Å². The van der Waals surface area contributed by atoms with Gasteiger partial charge in [-0.25, -0.2) is 0 Å². The highest BCUT2D eigenvalue weighted by atomic mass is 16.5. The molecule has 0 heterocycles. The molecule has 0 atom stereocenters. The number of ether oxygens (including phenoxy) is 5. The molecule has 0 saturated carbocycles. The van der Waals surface area contributed by atoms with Crippen molar-refractivity contribution >= 4 is 23.2 Å². The molecule has 0 aromatic heterocycles. The maximum absolute atomic E-state index is 12.4. The van der Waals surface area contributed by atoms with Crippen molar-refractivity contribution in [3.8, 4) is 28.7 Å². The highest BCUT2D eigenvalue weighted by molar-refractivity contribution is 6.08. The fourth-order valence-electron chi connectivity index (χ4n) is 4.68. The molecule has 0 unspecified atom stereocenters. The van der Waals surface area contributed by atoms with E-state index in [1.165, 1.54) is 26.3 Å². The first-order chi connectivity index (χ1) is 20.9. The van der Waals surface area contributed by atoms with Gasteiger partial charge in [-0.3, -0.25) is 4.79 Å². The third-order valence-corrected chi connectivity index (χ3v) is 6.79. The van der Waals surface area contributed by atoms with Crippen LogP contribution in [-0.2, 0) is 9.53 Å². The quantitative estimate of drug-likeness (QED) is 0.224. The summed E-state index contributed by atoms with van der Waals surface area (Å²) in [5.41, 5.74) is 10.3. The molecular weight excluding hydrogens is 542 g/mol. The van der Waals surface area contributed by atoms with Crippen molar-refractivity contribution in [3.63, 3.8) is 0 Å². The van der Waals surface area contributed by atoms with Gasteiger partial charge in [-0.05, 0) is 96.8 Å². The van der Waals surface area contributed by atoms with Gasteiger partial charge in [-0.1, -0.05) is 57.4 Å². The van der Waals surface area contributed by atoms with E-state index in [1.807, 2.05) is 74.5 Å². The van der Waals surface area contributed by atoms with Crippen molar-refractivity contribution in [2.24, 2.45) is 5.73 Å². The Morgan fingerprint density at radius 2 is 1.42 bits per heavy atom. The van der Waals surface area contributed by atoms with Crippen molar-refractivity contribution in [1.82, 2.24) is 0 Å². The SMILES string of the molecule is CCCCC.CCOC(=O)CC1=C(C)/C(=C/c2cc(OC)c(Oc3ccccc3)c(OC)c2)c2ccc(OC)cc21.CN. The van der Waals surface area contributed by atoms with Gasteiger partial charge in [-0.15, -0.1) is 0 Å². The standard InChI is InChI=1S/C30H30O6.C5H12.CH5N/c1-6-35-29(31)18-25-19(2)24(23-13-12-22(32-3)17-26(23)25)14-20-15-27(33-4)30(28(16-20)34-5)36-21-10-8-7-9-11-21;1-3-5-4-2;1-2/h7-17H,6,18H2,1-5H3;3-5H2,1-2H3;2H2,1H3/b24-14-;;. The molecule has 1 aliphatic carbocycles. The van der Waals surface area contributed by atoms with Crippen molar-refractivity contribution in [1.29, 1.82) is 0 Å². The van der Waals surface area contributed by atoms with Crippen LogP contribution in [0, 0.1) is 0 Å². The number of fused-ring (bicyclic) bond motifs is 1. The Bertz CT molecular complexity index is 1350. The molecule has 2 N–H and O–H groups in total. The summed E-state index contributed by atoms with van der Waals surface area (Å²) < 4.78 is 28.1. The molecule has 7 heteroatoms. The topological polar surface area (TPSA) is 89.2 Å². The van der Waals surface area contributed by atoms with Gasteiger partial charge in [0.1, 0.15) is 11.5 Å². The fraction of sp³-hybridized carbons (Fsp3) is 0.361. The van der Waals surface area contributed by atoms with E-state index in [9.17, 15) is 4.79 Å². The number of rotatable bonds is 11. The molecule has 3 aromatic rings. The first kappa shape index (κ1) is 35.0. The number of hydrogen-bond acceptors (Lipinski definition) is 7. The maximum Gasteiger partial charge on any atom is 0.310 e. The second-order valence-electron chi connectivity index (χ2n) is 9.58. The van der Waals surface area contributed by atoms with E-state index in [0.29, 0.717) is 29.6 Å². The largest absolute Gasteiger partial charge is 0.497 e. The zero-order chi connectivity index (χ0) is 31.8. The molecule has 43 heavy (non-hydrogen) atoms. The van der Waals surface area contributed by atoms with Crippen LogP contribution >= 0.6 is 0 Å². The number of nitrogens with two attached hydrogens (primary N) is 1. The van der Waals surface area contributed by atoms with Gasteiger partial charge in [-0.2, -0.15) is 0 Å². The minimum absolute atomic E-state index is 0.188. The van der Waals surface area contributed by atoms with Crippen LogP contribution in [0.3, 0.4) is 0 Å². The number of unbranched alkanes of at least 4 members (excludes halogenated alkanes) is 2. The summed E-state index contributed by atoms with van der Waals surface area (Å²) >= 11 is 0. The average molecular weight is 590 g/mol. The minimum Gasteiger partial charge on any atom is -0.497 e. The number of para-hydroxylation sites is 1. The van der Waals surface area contributed by atoms with Crippen LogP contribution in [0.1, 0.15) is 70.1 Å². The lowest BCUT2D eigenvalue weighted by Gasteiger charge is -2.15. The third-order valence-electron chi connectivity index (χ3n) is 6.79. The highest BCUT2D eigenvalue weighted by Gasteiger charge is 2.26. The number of hydrogen-bond donors (Lipinski definition) is 1. The van der Waals surface area contributed by atoms with Crippen LogP contribution in [0.15, 0.2) is 66.2 Å². The molecule has 232 valence electrons. The summed E-state index contributed by atoms with van der Waals surface area (Å²) in [6, 6.07) is 19.2. The van der Waals surface area contributed by atoms with E-state index in [4.69, 9.17) is 23.7 Å². The molecule has 0 radical (unpaired) electrons. The molecule has 0 saturated heterocycles. The Balaban J connectivity index is 0.000000836. The van der Waals surface area contributed by atoms with Gasteiger partial charge < -0.3 is 29.4 Å². The van der Waals surface area contributed by atoms with E-state index in [0.717, 1.165) is 39.2 Å². The number of methoxy groups -OCH3 is 3. The van der Waals surface area contributed by atoms with Gasteiger partial charge in [0.05, 0.1) is 34.4 Å². The predicted octanol–water partition coefficient (Wildman–Crippen LogP) is 8.56. The smallest absolute Gasteiger partial charge is 0.310 e. The molecule has 0 fully saturated rings. The molecule has 4 rings (SSSR count). The van der Waals surface area contributed by atoms with Crippen molar-refractivity contribution in [2.45, 2.75) is 53.4 Å². The Morgan fingerprint density at radius 3 is 1.93 bits per heavy atom. The zero-order valence-electron chi connectivity index (χ0n) is 26.9. The Hall–Kier alpha value is -4.23. The van der Waals surface area contributed by atoms with E-state index < -0.39 is 0 Å². The van der Waals surface area contributed by atoms with Crippen LogP contribution < -0.4 is 24.7 Å². The predicted molar refractivity (Wildman–Crippen MR) is 176 cm³/mol. The number of esters is 1. The van der Waals surface area contributed by atoms with Crippen LogP contribution in [0.4, 0.5) is 0 Å². The summed E-state index contributed by atoms with van der Waals surface area (Å²) in [5.74, 6) is 2.75. The molecule has 7 nitrogen and oxygen atoms in total. The second-order valence-corrected chi connectivity index (χ2v) is 9.58. The Morgan fingerprint density at radius 1 is 0.791 bits per heavy atom. The molecule has 0 aliphatic heterocycles. The van der Waals surface area contributed by atoms with Gasteiger partial charge in [0.15, 0.2) is 11.5 Å². The normalized spacial score (nSPS) is 12.3. The van der Waals surface area contributed by atoms with Crippen LogP contribution in [0.25, 0.3) is 17.2 Å². The number of carbonyl (C=O) groups excluding carboxylic acids is 1. The van der Waals surface area contributed by atoms with Crippen molar-refractivity contribution in [3.05, 3.63) is 82.9 Å². The van der Waals surface area contributed by atoms with Crippen molar-refractivity contribution < 1.29 is 28.5 Å². The summed E-state index contributed by atoms with van der Waals surface area (Å²) in [5, 5.41) is 0. The van der Waals surface area contributed by atoms with Gasteiger partial charge in [0.25, 0.3) is 0 Å². The fourth-order valence-corrected chi connectivity index (χ4v) is 4.68. The van der Waals surface area contributed by atoms with E-state index in [-0.39, 0.29) is 12.4 Å². The van der Waals surface area contributed by atoms with E-state index in [2.05, 4.69) is 25.7 Å². The van der Waals surface area contributed by atoms with Crippen LogP contribution in [0.2, 0.25) is 0 Å². The highest BCUT2D eigenvalue weighted by Crippen LogP contribution is 2.47. The lowest BCUT2D eigenvalue weighted by atomic mass is 10.00. The van der Waals surface area contributed by atoms with Crippen LogP contribution in [-0.4, -0.2) is 41.0 Å². The first-order valence-corrected chi connectivity index (χ1v) is 14.7. The molecule has 3 aromatic carbocycles. The van der Waals surface area contributed by atoms with Gasteiger partial charge in [0, 0.05) is 0 Å². The minimum atomic E-state index is -0.257. The maximum atomic E-state index is 12.4. The molecule has 0 spiro atoms.